The van der Waals surface area contributed by atoms with E-state index in [1.165, 1.54) is 11.4 Å². The largest absolute Gasteiger partial charge is 0.376 e. The van der Waals surface area contributed by atoms with E-state index in [-0.39, 0.29) is 18.1 Å². The standard InChI is InChI=1S/C19H24N2O2/c1-13-6-7-14(2)21(13)17-10-8-16(9-11-17)19(22)20-15(3)18-5-4-12-23-18/h6-11,15,18H,4-5,12H2,1-3H3,(H,20,22)/t15-,18+/m1/s1. The summed E-state index contributed by atoms with van der Waals surface area (Å²) in [7, 11) is 0. The minimum Gasteiger partial charge on any atom is -0.376 e. The Labute approximate surface area is 137 Å². The first kappa shape index (κ1) is 15.8. The molecule has 1 amide bonds. The van der Waals surface area contributed by atoms with E-state index in [9.17, 15) is 4.79 Å². The van der Waals surface area contributed by atoms with Gasteiger partial charge < -0.3 is 14.6 Å². The summed E-state index contributed by atoms with van der Waals surface area (Å²) >= 11 is 0. The molecule has 2 atom stereocenters. The van der Waals surface area contributed by atoms with E-state index in [2.05, 4.69) is 35.9 Å². The molecule has 0 saturated carbocycles. The first-order chi connectivity index (χ1) is 11.1. The molecular weight excluding hydrogens is 288 g/mol. The molecule has 0 spiro atoms. The Kier molecular flexibility index (Phi) is 4.53. The van der Waals surface area contributed by atoms with Crippen molar-refractivity contribution in [3.63, 3.8) is 0 Å². The van der Waals surface area contributed by atoms with Crippen LogP contribution < -0.4 is 5.32 Å². The number of hydrogen-bond acceptors (Lipinski definition) is 2. The number of hydrogen-bond donors (Lipinski definition) is 1. The van der Waals surface area contributed by atoms with Crippen molar-refractivity contribution in [1.29, 1.82) is 0 Å². The molecule has 1 N–H and O–H groups in total. The predicted octanol–water partition coefficient (Wildman–Crippen LogP) is 3.39. The third-order valence-electron chi connectivity index (χ3n) is 4.54. The first-order valence-electron chi connectivity index (χ1n) is 8.24. The van der Waals surface area contributed by atoms with Crippen LogP contribution in [0.15, 0.2) is 36.4 Å². The summed E-state index contributed by atoms with van der Waals surface area (Å²) in [5.41, 5.74) is 4.13. The van der Waals surface area contributed by atoms with E-state index in [0.717, 1.165) is 25.1 Å². The molecule has 2 heterocycles. The van der Waals surface area contributed by atoms with Crippen LogP contribution in [-0.4, -0.2) is 29.2 Å². The smallest absolute Gasteiger partial charge is 0.251 e. The summed E-state index contributed by atoms with van der Waals surface area (Å²) in [5.74, 6) is -0.0412. The van der Waals surface area contributed by atoms with Crippen LogP contribution in [0.5, 0.6) is 0 Å². The zero-order valence-electron chi connectivity index (χ0n) is 14.0. The van der Waals surface area contributed by atoms with Gasteiger partial charge in [0.05, 0.1) is 12.1 Å². The molecule has 0 unspecified atom stereocenters. The second-order valence-electron chi connectivity index (χ2n) is 6.31. The summed E-state index contributed by atoms with van der Waals surface area (Å²) in [4.78, 5) is 12.4. The average Bonchev–Trinajstić information content (AvgIpc) is 3.18. The molecule has 1 saturated heterocycles. The summed E-state index contributed by atoms with van der Waals surface area (Å²) in [5, 5.41) is 3.04. The first-order valence-corrected chi connectivity index (χ1v) is 8.24. The number of rotatable bonds is 4. The van der Waals surface area contributed by atoms with Crippen LogP contribution in [0.3, 0.4) is 0 Å². The van der Waals surface area contributed by atoms with Crippen LogP contribution in [0.1, 0.15) is 41.5 Å². The van der Waals surface area contributed by atoms with Gasteiger partial charge >= 0.3 is 0 Å². The maximum Gasteiger partial charge on any atom is 0.251 e. The predicted molar refractivity (Wildman–Crippen MR) is 91.1 cm³/mol. The van der Waals surface area contributed by atoms with Gasteiger partial charge in [0.1, 0.15) is 0 Å². The summed E-state index contributed by atoms with van der Waals surface area (Å²) in [6, 6.07) is 12.0. The van der Waals surface area contributed by atoms with Gasteiger partial charge in [-0.2, -0.15) is 0 Å². The Bertz CT molecular complexity index is 662. The van der Waals surface area contributed by atoms with Crippen molar-refractivity contribution in [2.45, 2.75) is 45.8 Å². The number of nitrogens with one attached hydrogen (secondary N) is 1. The van der Waals surface area contributed by atoms with Crippen LogP contribution in [0.4, 0.5) is 0 Å². The Morgan fingerprint density at radius 1 is 1.17 bits per heavy atom. The van der Waals surface area contributed by atoms with Gasteiger partial charge in [-0.05, 0) is 70.0 Å². The number of ether oxygens (including phenoxy) is 1. The topological polar surface area (TPSA) is 43.3 Å². The average molecular weight is 312 g/mol. The third-order valence-corrected chi connectivity index (χ3v) is 4.54. The fraction of sp³-hybridized carbons (Fsp3) is 0.421. The molecule has 1 fully saturated rings. The number of amides is 1. The molecule has 2 aromatic rings. The van der Waals surface area contributed by atoms with Gasteiger partial charge in [0, 0.05) is 29.2 Å². The van der Waals surface area contributed by atoms with E-state index in [1.807, 2.05) is 31.2 Å². The zero-order valence-corrected chi connectivity index (χ0v) is 14.0. The normalized spacial score (nSPS) is 18.8. The van der Waals surface area contributed by atoms with Crippen molar-refractivity contribution in [3.8, 4) is 5.69 Å². The van der Waals surface area contributed by atoms with Gasteiger partial charge in [-0.25, -0.2) is 0 Å². The van der Waals surface area contributed by atoms with Crippen LogP contribution in [0.25, 0.3) is 5.69 Å². The molecule has 122 valence electrons. The Balaban J connectivity index is 1.70. The summed E-state index contributed by atoms with van der Waals surface area (Å²) < 4.78 is 7.81. The molecule has 3 rings (SSSR count). The SMILES string of the molecule is Cc1ccc(C)n1-c1ccc(C(=O)N[C@H](C)[C@@H]2CCCO2)cc1. The van der Waals surface area contributed by atoms with Crippen LogP contribution in [0.2, 0.25) is 0 Å². The van der Waals surface area contributed by atoms with Crippen molar-refractivity contribution in [2.24, 2.45) is 0 Å². The molecule has 0 aliphatic carbocycles. The van der Waals surface area contributed by atoms with Crippen molar-refractivity contribution >= 4 is 5.91 Å². The van der Waals surface area contributed by atoms with Crippen LogP contribution in [0, 0.1) is 13.8 Å². The number of aryl methyl sites for hydroxylation is 2. The van der Waals surface area contributed by atoms with Gasteiger partial charge in [0.2, 0.25) is 0 Å². The molecule has 4 nitrogen and oxygen atoms in total. The Hall–Kier alpha value is -2.07. The van der Waals surface area contributed by atoms with Crippen molar-refractivity contribution in [2.75, 3.05) is 6.61 Å². The highest BCUT2D eigenvalue weighted by Gasteiger charge is 2.23. The molecule has 1 aliphatic heterocycles. The highest BCUT2D eigenvalue weighted by atomic mass is 16.5. The summed E-state index contributed by atoms with van der Waals surface area (Å²) in [6.07, 6.45) is 2.24. The zero-order chi connectivity index (χ0) is 16.4. The molecule has 1 aromatic heterocycles. The van der Waals surface area contributed by atoms with E-state index in [1.54, 1.807) is 0 Å². The molecule has 23 heavy (non-hydrogen) atoms. The Morgan fingerprint density at radius 2 is 1.83 bits per heavy atom. The number of carbonyl (C=O) groups is 1. The molecule has 0 bridgehead atoms. The second-order valence-corrected chi connectivity index (χ2v) is 6.31. The second kappa shape index (κ2) is 6.59. The minimum atomic E-state index is -0.0412. The van der Waals surface area contributed by atoms with Gasteiger partial charge in [0.25, 0.3) is 5.91 Å². The molecule has 0 radical (unpaired) electrons. The third kappa shape index (κ3) is 3.32. The lowest BCUT2D eigenvalue weighted by Crippen LogP contribution is -2.40. The Morgan fingerprint density at radius 3 is 2.39 bits per heavy atom. The number of benzene rings is 1. The number of aromatic nitrogens is 1. The van der Waals surface area contributed by atoms with Crippen LogP contribution in [-0.2, 0) is 4.74 Å². The monoisotopic (exact) mass is 312 g/mol. The molecule has 1 aliphatic rings. The van der Waals surface area contributed by atoms with Gasteiger partial charge in [-0.3, -0.25) is 4.79 Å². The van der Waals surface area contributed by atoms with Crippen molar-refractivity contribution in [3.05, 3.63) is 53.3 Å². The fourth-order valence-corrected chi connectivity index (χ4v) is 3.22. The van der Waals surface area contributed by atoms with E-state index < -0.39 is 0 Å². The number of nitrogens with zero attached hydrogens (tertiary/aromatic N) is 1. The highest BCUT2D eigenvalue weighted by Crippen LogP contribution is 2.18. The van der Waals surface area contributed by atoms with E-state index in [4.69, 9.17) is 4.74 Å². The van der Waals surface area contributed by atoms with Gasteiger partial charge in [-0.1, -0.05) is 0 Å². The van der Waals surface area contributed by atoms with Crippen molar-refractivity contribution in [1.82, 2.24) is 9.88 Å². The molecule has 4 heteroatoms. The molecule has 1 aromatic carbocycles. The minimum absolute atomic E-state index is 0.0404. The maximum atomic E-state index is 12.4. The lowest BCUT2D eigenvalue weighted by atomic mass is 10.1. The van der Waals surface area contributed by atoms with Gasteiger partial charge in [0.15, 0.2) is 0 Å². The van der Waals surface area contributed by atoms with Crippen LogP contribution >= 0.6 is 0 Å². The molecular formula is C19H24N2O2. The highest BCUT2D eigenvalue weighted by molar-refractivity contribution is 5.94. The lowest BCUT2D eigenvalue weighted by Gasteiger charge is -2.20. The summed E-state index contributed by atoms with van der Waals surface area (Å²) in [6.45, 7) is 6.97. The fourth-order valence-electron chi connectivity index (χ4n) is 3.22. The lowest BCUT2D eigenvalue weighted by molar-refractivity contribution is 0.0712. The van der Waals surface area contributed by atoms with Crippen molar-refractivity contribution < 1.29 is 9.53 Å². The quantitative estimate of drug-likeness (QED) is 0.940. The van der Waals surface area contributed by atoms with Gasteiger partial charge in [-0.15, -0.1) is 0 Å². The maximum absolute atomic E-state index is 12.4. The van der Waals surface area contributed by atoms with E-state index in [0.29, 0.717) is 5.56 Å². The van der Waals surface area contributed by atoms with E-state index >= 15 is 0 Å². The number of carbonyl (C=O) groups excluding carboxylic acids is 1.